The Balaban J connectivity index is 2.46. The van der Waals surface area contributed by atoms with Crippen LogP contribution in [-0.2, 0) is 14.3 Å². The van der Waals surface area contributed by atoms with Gasteiger partial charge in [-0.05, 0) is 57.1 Å². The van der Waals surface area contributed by atoms with E-state index in [1.54, 1.807) is 32.1 Å². The number of carbonyl (C=O) groups excluding carboxylic acids is 2. The van der Waals surface area contributed by atoms with E-state index in [4.69, 9.17) is 0 Å². The van der Waals surface area contributed by atoms with Crippen LogP contribution in [0.25, 0.3) is 6.08 Å². The molecule has 5 atom stereocenters. The summed E-state index contributed by atoms with van der Waals surface area (Å²) < 4.78 is 4.58. The number of carbonyl (C=O) groups is 2. The van der Waals surface area contributed by atoms with Crippen molar-refractivity contribution in [3.63, 3.8) is 0 Å². The van der Waals surface area contributed by atoms with Crippen LogP contribution in [0.3, 0.4) is 0 Å². The minimum Gasteiger partial charge on any atom is -0.469 e. The zero-order chi connectivity index (χ0) is 26.8. The van der Waals surface area contributed by atoms with Crippen molar-refractivity contribution >= 4 is 29.2 Å². The summed E-state index contributed by atoms with van der Waals surface area (Å²) in [5.74, 6) is -1.64. The number of Topliss-reactive ketones (excluding diaryl/α,β-unsaturated/α-hetero) is 1. The summed E-state index contributed by atoms with van der Waals surface area (Å²) in [5.41, 5.74) is 0.563. The van der Waals surface area contributed by atoms with E-state index in [0.717, 1.165) is 35.5 Å². The highest BCUT2D eigenvalue weighted by Crippen LogP contribution is 2.31. The number of esters is 1. The van der Waals surface area contributed by atoms with Gasteiger partial charge in [0.2, 0.25) is 0 Å². The highest BCUT2D eigenvalue weighted by molar-refractivity contribution is 7.09. The van der Waals surface area contributed by atoms with Gasteiger partial charge in [-0.2, -0.15) is 0 Å². The Morgan fingerprint density at radius 3 is 2.43 bits per heavy atom. The highest BCUT2D eigenvalue weighted by Gasteiger charge is 2.41. The van der Waals surface area contributed by atoms with Crippen LogP contribution in [0.4, 0.5) is 0 Å². The number of thiazole rings is 1. The number of hydrogen-bond acceptors (Lipinski definition) is 8. The zero-order valence-corrected chi connectivity index (χ0v) is 23.0. The van der Waals surface area contributed by atoms with Gasteiger partial charge >= 0.3 is 5.97 Å². The number of aryl methyl sites for hydroxylation is 1. The van der Waals surface area contributed by atoms with E-state index in [2.05, 4.69) is 9.72 Å². The van der Waals surface area contributed by atoms with E-state index in [-0.39, 0.29) is 18.1 Å². The minimum absolute atomic E-state index is 0.103. The molecule has 7 nitrogen and oxygen atoms in total. The summed E-state index contributed by atoms with van der Waals surface area (Å²) >= 11 is 1.58. The summed E-state index contributed by atoms with van der Waals surface area (Å²) in [6, 6.07) is 0. The first-order valence-electron chi connectivity index (χ1n) is 12.2. The van der Waals surface area contributed by atoms with Crippen molar-refractivity contribution in [3.8, 4) is 0 Å². The van der Waals surface area contributed by atoms with E-state index >= 15 is 0 Å². The molecule has 0 spiro atoms. The van der Waals surface area contributed by atoms with Crippen LogP contribution in [0.5, 0.6) is 0 Å². The van der Waals surface area contributed by atoms with Gasteiger partial charge in [0.05, 0.1) is 48.0 Å². The summed E-state index contributed by atoms with van der Waals surface area (Å²) in [5, 5.41) is 34.4. The van der Waals surface area contributed by atoms with Crippen molar-refractivity contribution in [1.82, 2.24) is 4.98 Å². The van der Waals surface area contributed by atoms with Crippen LogP contribution in [0, 0.1) is 24.2 Å². The van der Waals surface area contributed by atoms with E-state index in [1.165, 1.54) is 7.11 Å². The maximum absolute atomic E-state index is 13.0. The van der Waals surface area contributed by atoms with Gasteiger partial charge in [-0.15, -0.1) is 11.3 Å². The fourth-order valence-electron chi connectivity index (χ4n) is 3.93. The third-order valence-electron chi connectivity index (χ3n) is 6.66. The second-order valence-corrected chi connectivity index (χ2v) is 11.0. The first kappa shape index (κ1) is 31.2. The average Bonchev–Trinajstić information content (AvgIpc) is 3.23. The maximum Gasteiger partial charge on any atom is 0.308 e. The number of ether oxygens (including phenoxy) is 1. The van der Waals surface area contributed by atoms with E-state index < -0.39 is 35.6 Å². The molecule has 198 valence electrons. The lowest BCUT2D eigenvalue weighted by molar-refractivity contribution is -0.149. The van der Waals surface area contributed by atoms with Gasteiger partial charge in [0.15, 0.2) is 0 Å². The molecule has 0 radical (unpaired) electrons. The molecule has 1 unspecified atom stereocenters. The number of aromatic nitrogens is 1. The van der Waals surface area contributed by atoms with Crippen LogP contribution in [0.1, 0.15) is 77.4 Å². The first-order valence-corrected chi connectivity index (χ1v) is 13.1. The fourth-order valence-corrected chi connectivity index (χ4v) is 4.50. The van der Waals surface area contributed by atoms with Gasteiger partial charge in [-0.25, -0.2) is 4.98 Å². The smallest absolute Gasteiger partial charge is 0.308 e. The van der Waals surface area contributed by atoms with Gasteiger partial charge in [0.1, 0.15) is 5.78 Å². The van der Waals surface area contributed by atoms with Gasteiger partial charge in [-0.1, -0.05) is 39.8 Å². The molecule has 0 aliphatic rings. The predicted molar refractivity (Wildman–Crippen MR) is 140 cm³/mol. The topological polar surface area (TPSA) is 117 Å². The number of rotatable bonds is 15. The lowest BCUT2D eigenvalue weighted by atomic mass is 9.73. The summed E-state index contributed by atoms with van der Waals surface area (Å²) in [6.07, 6.45) is 5.96. The van der Waals surface area contributed by atoms with Crippen molar-refractivity contribution in [2.75, 3.05) is 7.11 Å². The molecule has 3 N–H and O–H groups in total. The molecule has 0 saturated carbocycles. The Bertz CT molecular complexity index is 875. The molecule has 35 heavy (non-hydrogen) atoms. The molecule has 0 saturated heterocycles. The number of ketones is 1. The Morgan fingerprint density at radius 2 is 1.86 bits per heavy atom. The SMILES string of the molecule is COC(=O)C[C@H](O)C(C)(C)C(=O)[C@H](C)[C@@H](O)[C@@H](C)CCCC=CCC(O)C(C)=Cc1csc(C)n1. The number of nitrogens with zero attached hydrogens (tertiary/aromatic N) is 1. The molecule has 0 aliphatic carbocycles. The van der Waals surface area contributed by atoms with Crippen molar-refractivity contribution in [1.29, 1.82) is 0 Å². The lowest BCUT2D eigenvalue weighted by Crippen LogP contribution is -2.45. The normalized spacial score (nSPS) is 17.1. The molecule has 1 rings (SSSR count). The molecule has 0 aliphatic heterocycles. The second kappa shape index (κ2) is 14.6. The van der Waals surface area contributed by atoms with Crippen LogP contribution in [-0.4, -0.2) is 57.5 Å². The predicted octanol–water partition coefficient (Wildman–Crippen LogP) is 4.48. The molecule has 1 aromatic rings. The molecule has 0 fully saturated rings. The first-order chi connectivity index (χ1) is 16.3. The Kier molecular flexibility index (Phi) is 13.0. The van der Waals surface area contributed by atoms with Crippen molar-refractivity contribution in [2.45, 2.75) is 92.0 Å². The van der Waals surface area contributed by atoms with E-state index in [0.29, 0.717) is 6.42 Å². The summed E-state index contributed by atoms with van der Waals surface area (Å²) in [6.45, 7) is 10.6. The average molecular weight is 510 g/mol. The molecule has 8 heteroatoms. The Hall–Kier alpha value is -1.87. The molecule has 1 aromatic heterocycles. The number of aliphatic hydroxyl groups is 3. The van der Waals surface area contributed by atoms with Gasteiger partial charge in [0.25, 0.3) is 0 Å². The van der Waals surface area contributed by atoms with E-state index in [9.17, 15) is 24.9 Å². The third-order valence-corrected chi connectivity index (χ3v) is 7.45. The van der Waals surface area contributed by atoms with Crippen LogP contribution >= 0.6 is 11.3 Å². The Labute approximate surface area is 213 Å². The number of aliphatic hydroxyl groups excluding tert-OH is 3. The largest absolute Gasteiger partial charge is 0.469 e. The number of methoxy groups -OCH3 is 1. The second-order valence-electron chi connectivity index (χ2n) is 9.97. The quantitative estimate of drug-likeness (QED) is 0.181. The standard InChI is InChI=1S/C27H43NO6S/c1-17(25(32)19(3)26(33)27(5,6)23(30)15-24(31)34-7)12-10-8-9-11-13-22(29)18(2)14-21-16-35-20(4)28-21/h9,11,14,16-17,19,22-23,25,29-30,32H,8,10,12-13,15H2,1-7H3/t17-,19+,22?,23-,25-/m0/s1. The zero-order valence-electron chi connectivity index (χ0n) is 22.2. The van der Waals surface area contributed by atoms with Crippen LogP contribution < -0.4 is 0 Å². The van der Waals surface area contributed by atoms with Gasteiger partial charge in [0, 0.05) is 11.3 Å². The Morgan fingerprint density at radius 1 is 1.20 bits per heavy atom. The van der Waals surface area contributed by atoms with Crippen molar-refractivity contribution in [3.05, 3.63) is 33.8 Å². The van der Waals surface area contributed by atoms with Gasteiger partial charge in [-0.3, -0.25) is 9.59 Å². The number of allylic oxidation sites excluding steroid dienone is 1. The van der Waals surface area contributed by atoms with Crippen molar-refractivity contribution in [2.24, 2.45) is 17.3 Å². The van der Waals surface area contributed by atoms with Crippen LogP contribution in [0.15, 0.2) is 23.1 Å². The molecule has 0 bridgehead atoms. The molecular weight excluding hydrogens is 466 g/mol. The monoisotopic (exact) mass is 509 g/mol. The molecular formula is C27H43NO6S. The van der Waals surface area contributed by atoms with E-state index in [1.807, 2.05) is 44.4 Å². The number of unbranched alkanes of at least 4 members (excludes halogenated alkanes) is 1. The minimum atomic E-state index is -1.18. The summed E-state index contributed by atoms with van der Waals surface area (Å²) in [4.78, 5) is 28.8. The summed E-state index contributed by atoms with van der Waals surface area (Å²) in [7, 11) is 1.23. The maximum atomic E-state index is 13.0. The van der Waals surface area contributed by atoms with Crippen molar-refractivity contribution < 1.29 is 29.6 Å². The molecule has 0 aromatic carbocycles. The fraction of sp³-hybridized carbons (Fsp3) is 0.667. The molecule has 1 heterocycles. The number of hydrogen-bond donors (Lipinski definition) is 3. The molecule has 0 amide bonds. The van der Waals surface area contributed by atoms with Gasteiger partial charge < -0.3 is 20.1 Å². The third kappa shape index (κ3) is 9.95. The van der Waals surface area contributed by atoms with Crippen LogP contribution in [0.2, 0.25) is 0 Å². The lowest BCUT2D eigenvalue weighted by Gasteiger charge is -2.34. The highest BCUT2D eigenvalue weighted by atomic mass is 32.1.